The van der Waals surface area contributed by atoms with Crippen molar-refractivity contribution in [2.75, 3.05) is 19.5 Å². The number of anilines is 1. The summed E-state index contributed by atoms with van der Waals surface area (Å²) < 4.78 is 11.3. The molecule has 0 radical (unpaired) electrons. The third kappa shape index (κ3) is 7.31. The highest BCUT2D eigenvalue weighted by Crippen LogP contribution is 2.25. The maximum absolute atomic E-state index is 11.4. The summed E-state index contributed by atoms with van der Waals surface area (Å²) in [6.45, 7) is 8.67. The molecule has 0 bridgehead atoms. The Morgan fingerprint density at radius 2 is 1.73 bits per heavy atom. The summed E-state index contributed by atoms with van der Waals surface area (Å²) in [6, 6.07) is 13.6. The zero-order chi connectivity index (χ0) is 22.1. The SMILES string of the molecule is CN=C(NCc1ccc(OC)c(NC(C)=O)c1)NCc1ccccc1OC(C)(C)C. The van der Waals surface area contributed by atoms with Gasteiger partial charge >= 0.3 is 0 Å². The molecule has 2 aromatic carbocycles. The van der Waals surface area contributed by atoms with Gasteiger partial charge in [0.2, 0.25) is 5.91 Å². The first-order chi connectivity index (χ1) is 14.2. The van der Waals surface area contributed by atoms with Gasteiger partial charge in [0, 0.05) is 32.6 Å². The average molecular weight is 413 g/mol. The molecule has 0 aliphatic carbocycles. The molecule has 3 N–H and O–H groups in total. The number of hydrogen-bond donors (Lipinski definition) is 3. The van der Waals surface area contributed by atoms with Crippen molar-refractivity contribution in [2.24, 2.45) is 4.99 Å². The zero-order valence-electron chi connectivity index (χ0n) is 18.6. The van der Waals surface area contributed by atoms with Crippen molar-refractivity contribution in [3.63, 3.8) is 0 Å². The Kier molecular flexibility index (Phi) is 8.09. The molecule has 7 nitrogen and oxygen atoms in total. The van der Waals surface area contributed by atoms with E-state index in [0.29, 0.717) is 30.5 Å². The Bertz CT molecular complexity index is 888. The van der Waals surface area contributed by atoms with Crippen LogP contribution in [-0.4, -0.2) is 31.6 Å². The molecule has 0 aliphatic rings. The lowest BCUT2D eigenvalue weighted by Crippen LogP contribution is -2.36. The second-order valence-electron chi connectivity index (χ2n) is 7.82. The minimum Gasteiger partial charge on any atom is -0.495 e. The van der Waals surface area contributed by atoms with Crippen LogP contribution in [0.25, 0.3) is 0 Å². The molecule has 0 saturated carbocycles. The van der Waals surface area contributed by atoms with Crippen LogP contribution in [0.15, 0.2) is 47.5 Å². The Labute approximate surface area is 178 Å². The summed E-state index contributed by atoms with van der Waals surface area (Å²) in [5, 5.41) is 9.39. The van der Waals surface area contributed by atoms with Crippen LogP contribution in [0.3, 0.4) is 0 Å². The van der Waals surface area contributed by atoms with Gasteiger partial charge in [-0.3, -0.25) is 9.79 Å². The fraction of sp³-hybridized carbons (Fsp3) is 0.391. The highest BCUT2D eigenvalue weighted by Gasteiger charge is 2.14. The predicted molar refractivity (Wildman–Crippen MR) is 121 cm³/mol. The molecule has 162 valence electrons. The summed E-state index contributed by atoms with van der Waals surface area (Å²) in [6.07, 6.45) is 0. The van der Waals surface area contributed by atoms with E-state index in [1.165, 1.54) is 6.92 Å². The van der Waals surface area contributed by atoms with Crippen LogP contribution in [0.1, 0.15) is 38.8 Å². The van der Waals surface area contributed by atoms with Gasteiger partial charge in [-0.2, -0.15) is 0 Å². The van der Waals surface area contributed by atoms with E-state index in [-0.39, 0.29) is 11.5 Å². The van der Waals surface area contributed by atoms with E-state index in [2.05, 4.69) is 20.9 Å². The largest absolute Gasteiger partial charge is 0.495 e. The summed E-state index contributed by atoms with van der Waals surface area (Å²) in [7, 11) is 3.30. The number of amides is 1. The average Bonchev–Trinajstić information content (AvgIpc) is 2.68. The smallest absolute Gasteiger partial charge is 0.221 e. The molecule has 0 unspecified atom stereocenters. The number of carbonyl (C=O) groups is 1. The lowest BCUT2D eigenvalue weighted by molar-refractivity contribution is -0.114. The predicted octanol–water partition coefficient (Wildman–Crippen LogP) is 3.70. The number of nitrogens with one attached hydrogen (secondary N) is 3. The first-order valence-corrected chi connectivity index (χ1v) is 9.88. The van der Waals surface area contributed by atoms with Crippen molar-refractivity contribution in [1.29, 1.82) is 0 Å². The second-order valence-corrected chi connectivity index (χ2v) is 7.82. The molecule has 0 saturated heterocycles. The van der Waals surface area contributed by atoms with E-state index >= 15 is 0 Å². The molecule has 0 spiro atoms. The lowest BCUT2D eigenvalue weighted by Gasteiger charge is -2.23. The van der Waals surface area contributed by atoms with Crippen molar-refractivity contribution in [1.82, 2.24) is 10.6 Å². The molecule has 1 amide bonds. The molecular formula is C23H32N4O3. The quantitative estimate of drug-likeness (QED) is 0.477. The van der Waals surface area contributed by atoms with Crippen molar-refractivity contribution in [3.05, 3.63) is 53.6 Å². The van der Waals surface area contributed by atoms with Crippen molar-refractivity contribution in [2.45, 2.75) is 46.4 Å². The van der Waals surface area contributed by atoms with Gasteiger partial charge in [-0.25, -0.2) is 0 Å². The number of ether oxygens (including phenoxy) is 2. The van der Waals surface area contributed by atoms with Gasteiger partial charge in [0.05, 0.1) is 12.8 Å². The minimum atomic E-state index is -0.268. The summed E-state index contributed by atoms with van der Waals surface area (Å²) in [4.78, 5) is 15.7. The molecule has 2 rings (SSSR count). The number of rotatable bonds is 7. The third-order valence-electron chi connectivity index (χ3n) is 4.09. The first kappa shape index (κ1) is 23.1. The van der Waals surface area contributed by atoms with Crippen molar-refractivity contribution < 1.29 is 14.3 Å². The Hall–Kier alpha value is -3.22. The van der Waals surface area contributed by atoms with E-state index in [1.807, 2.05) is 63.2 Å². The van der Waals surface area contributed by atoms with Gasteiger partial charge in [0.1, 0.15) is 17.1 Å². The number of para-hydroxylation sites is 1. The van der Waals surface area contributed by atoms with E-state index in [9.17, 15) is 4.79 Å². The highest BCUT2D eigenvalue weighted by molar-refractivity contribution is 5.90. The molecule has 30 heavy (non-hydrogen) atoms. The van der Waals surface area contributed by atoms with E-state index in [0.717, 1.165) is 16.9 Å². The number of hydrogen-bond acceptors (Lipinski definition) is 4. The monoisotopic (exact) mass is 412 g/mol. The normalized spacial score (nSPS) is 11.6. The van der Waals surface area contributed by atoms with Gasteiger partial charge in [-0.05, 0) is 44.5 Å². The molecule has 0 heterocycles. The molecule has 0 atom stereocenters. The topological polar surface area (TPSA) is 84.0 Å². The van der Waals surface area contributed by atoms with Crippen LogP contribution in [-0.2, 0) is 17.9 Å². The molecule has 0 aromatic heterocycles. The first-order valence-electron chi connectivity index (χ1n) is 9.88. The highest BCUT2D eigenvalue weighted by atomic mass is 16.5. The van der Waals surface area contributed by atoms with E-state index in [1.54, 1.807) is 14.2 Å². The van der Waals surface area contributed by atoms with E-state index < -0.39 is 0 Å². The molecule has 2 aromatic rings. The maximum Gasteiger partial charge on any atom is 0.221 e. The van der Waals surface area contributed by atoms with Crippen LogP contribution in [0.5, 0.6) is 11.5 Å². The fourth-order valence-electron chi connectivity index (χ4n) is 2.82. The standard InChI is InChI=1S/C23H32N4O3/c1-16(28)27-19-13-17(11-12-21(19)29-6)14-25-22(24-5)26-15-18-9-7-8-10-20(18)30-23(2,3)4/h7-13H,14-15H2,1-6H3,(H,27,28)(H2,24,25,26). The van der Waals surface area contributed by atoms with Crippen molar-refractivity contribution >= 4 is 17.6 Å². The summed E-state index contributed by atoms with van der Waals surface area (Å²) in [5.74, 6) is 1.99. The van der Waals surface area contributed by atoms with Crippen LogP contribution >= 0.6 is 0 Å². The van der Waals surface area contributed by atoms with Crippen LogP contribution in [0.2, 0.25) is 0 Å². The number of carbonyl (C=O) groups excluding carboxylic acids is 1. The summed E-state index contributed by atoms with van der Waals surface area (Å²) >= 11 is 0. The molecule has 7 heteroatoms. The van der Waals surface area contributed by atoms with Gasteiger partial charge < -0.3 is 25.4 Å². The molecule has 0 aliphatic heterocycles. The van der Waals surface area contributed by atoms with Crippen molar-refractivity contribution in [3.8, 4) is 11.5 Å². The van der Waals surface area contributed by atoms with Gasteiger partial charge in [-0.15, -0.1) is 0 Å². The zero-order valence-corrected chi connectivity index (χ0v) is 18.6. The van der Waals surface area contributed by atoms with Crippen LogP contribution in [0.4, 0.5) is 5.69 Å². The van der Waals surface area contributed by atoms with Gasteiger partial charge in [-0.1, -0.05) is 24.3 Å². The molecular weight excluding hydrogens is 380 g/mol. The molecule has 0 fully saturated rings. The van der Waals surface area contributed by atoms with Gasteiger partial charge in [0.25, 0.3) is 0 Å². The minimum absolute atomic E-state index is 0.146. The van der Waals surface area contributed by atoms with Crippen LogP contribution in [0, 0.1) is 0 Å². The fourth-order valence-corrected chi connectivity index (χ4v) is 2.82. The van der Waals surface area contributed by atoms with E-state index in [4.69, 9.17) is 9.47 Å². The Morgan fingerprint density at radius 3 is 2.37 bits per heavy atom. The number of nitrogens with zero attached hydrogens (tertiary/aromatic N) is 1. The van der Waals surface area contributed by atoms with Crippen LogP contribution < -0.4 is 25.4 Å². The number of methoxy groups -OCH3 is 1. The van der Waals surface area contributed by atoms with Gasteiger partial charge in [0.15, 0.2) is 5.96 Å². The third-order valence-corrected chi connectivity index (χ3v) is 4.09. The Balaban J connectivity index is 2.00. The Morgan fingerprint density at radius 1 is 1.03 bits per heavy atom. The number of guanidine groups is 1. The lowest BCUT2D eigenvalue weighted by atomic mass is 10.1. The maximum atomic E-state index is 11.4. The number of benzene rings is 2. The summed E-state index contributed by atoms with van der Waals surface area (Å²) in [5.41, 5.74) is 2.41. The second kappa shape index (κ2) is 10.5. The number of aliphatic imine (C=N–C) groups is 1.